The number of hydrogen-bond acceptors (Lipinski definition) is 2. The molecule has 2 aromatic rings. The van der Waals surface area contributed by atoms with Crippen LogP contribution in [-0.4, -0.2) is 12.6 Å². The molecule has 0 unspecified atom stereocenters. The summed E-state index contributed by atoms with van der Waals surface area (Å²) in [6, 6.07) is 19.2. The first-order valence-electron chi connectivity index (χ1n) is 6.73. The van der Waals surface area contributed by atoms with E-state index < -0.39 is 0 Å². The molecule has 0 N–H and O–H groups in total. The van der Waals surface area contributed by atoms with E-state index in [1.807, 2.05) is 60.7 Å². The summed E-state index contributed by atoms with van der Waals surface area (Å²) in [5, 5.41) is 0. The van der Waals surface area contributed by atoms with Gasteiger partial charge in [-0.25, -0.2) is 0 Å². The van der Waals surface area contributed by atoms with Gasteiger partial charge in [0, 0.05) is 6.42 Å². The summed E-state index contributed by atoms with van der Waals surface area (Å²) in [5.41, 5.74) is 3.06. The lowest BCUT2D eigenvalue weighted by molar-refractivity contribution is -0.105. The van der Waals surface area contributed by atoms with Crippen molar-refractivity contribution in [3.63, 3.8) is 0 Å². The smallest absolute Gasteiger partial charge is 0.146 e. The minimum absolute atomic E-state index is 0.330. The van der Waals surface area contributed by atoms with E-state index in [0.717, 1.165) is 23.7 Å². The van der Waals surface area contributed by atoms with Gasteiger partial charge in [-0.15, -0.1) is 0 Å². The van der Waals surface area contributed by atoms with Crippen LogP contribution < -0.4 is 0 Å². The molecule has 0 aromatic heterocycles. The monoisotopic (exact) mass is 276 g/mol. The van der Waals surface area contributed by atoms with Crippen LogP contribution in [-0.2, 0) is 9.59 Å². The molecule has 0 radical (unpaired) electrons. The Bertz CT molecular complexity index is 593. The topological polar surface area (TPSA) is 34.1 Å². The van der Waals surface area contributed by atoms with Crippen LogP contribution in [0, 0.1) is 0 Å². The quantitative estimate of drug-likeness (QED) is 0.591. The van der Waals surface area contributed by atoms with Crippen molar-refractivity contribution in [2.45, 2.75) is 6.42 Å². The molecule has 0 aliphatic carbocycles. The summed E-state index contributed by atoms with van der Waals surface area (Å²) < 4.78 is 0. The van der Waals surface area contributed by atoms with Crippen LogP contribution in [0.25, 0.3) is 12.2 Å². The normalized spacial score (nSPS) is 12.0. The van der Waals surface area contributed by atoms with Gasteiger partial charge in [0.15, 0.2) is 0 Å². The van der Waals surface area contributed by atoms with Gasteiger partial charge >= 0.3 is 0 Å². The maximum atomic E-state index is 11.2. The Morgan fingerprint density at radius 2 is 1.05 bits per heavy atom. The van der Waals surface area contributed by atoms with Crippen LogP contribution in [0.15, 0.2) is 71.8 Å². The Kier molecular flexibility index (Phi) is 5.41. The first-order valence-corrected chi connectivity index (χ1v) is 6.73. The zero-order valence-electron chi connectivity index (χ0n) is 11.6. The molecule has 0 aliphatic heterocycles. The van der Waals surface area contributed by atoms with Crippen molar-refractivity contribution in [3.05, 3.63) is 82.9 Å². The highest BCUT2D eigenvalue weighted by Crippen LogP contribution is 2.15. The molecule has 0 aliphatic rings. The van der Waals surface area contributed by atoms with E-state index in [0.29, 0.717) is 17.6 Å². The van der Waals surface area contributed by atoms with E-state index in [-0.39, 0.29) is 0 Å². The van der Waals surface area contributed by atoms with Crippen molar-refractivity contribution in [2.24, 2.45) is 0 Å². The summed E-state index contributed by atoms with van der Waals surface area (Å²) in [6.45, 7) is 0. The number of carbonyl (C=O) groups excluding carboxylic acids is 2. The number of benzene rings is 2. The second-order valence-corrected chi connectivity index (χ2v) is 4.67. The van der Waals surface area contributed by atoms with Gasteiger partial charge in [0.25, 0.3) is 0 Å². The fraction of sp³-hybridized carbons (Fsp3) is 0.0526. The maximum absolute atomic E-state index is 11.2. The second kappa shape index (κ2) is 7.75. The van der Waals surface area contributed by atoms with E-state index in [1.54, 1.807) is 12.2 Å². The van der Waals surface area contributed by atoms with E-state index >= 15 is 0 Å². The molecule has 2 rings (SSSR count). The average molecular weight is 276 g/mol. The summed E-state index contributed by atoms with van der Waals surface area (Å²) in [7, 11) is 0. The summed E-state index contributed by atoms with van der Waals surface area (Å²) >= 11 is 0. The molecule has 0 atom stereocenters. The van der Waals surface area contributed by atoms with Gasteiger partial charge in [0.1, 0.15) is 12.6 Å². The average Bonchev–Trinajstić information content (AvgIpc) is 2.55. The highest BCUT2D eigenvalue weighted by atomic mass is 16.1. The lowest BCUT2D eigenvalue weighted by Gasteiger charge is -2.01. The largest absolute Gasteiger partial charge is 0.298 e. The summed E-state index contributed by atoms with van der Waals surface area (Å²) in [4.78, 5) is 22.4. The fourth-order valence-corrected chi connectivity index (χ4v) is 2.02. The highest BCUT2D eigenvalue weighted by molar-refractivity contribution is 5.88. The van der Waals surface area contributed by atoms with Gasteiger partial charge in [-0.3, -0.25) is 9.59 Å². The van der Waals surface area contributed by atoms with Gasteiger partial charge in [-0.1, -0.05) is 60.7 Å². The van der Waals surface area contributed by atoms with Crippen molar-refractivity contribution in [1.82, 2.24) is 0 Å². The van der Waals surface area contributed by atoms with Gasteiger partial charge in [-0.05, 0) is 34.4 Å². The van der Waals surface area contributed by atoms with Crippen LogP contribution in [0.5, 0.6) is 0 Å². The van der Waals surface area contributed by atoms with Crippen LogP contribution in [0.3, 0.4) is 0 Å². The van der Waals surface area contributed by atoms with Gasteiger partial charge < -0.3 is 0 Å². The molecule has 0 amide bonds. The van der Waals surface area contributed by atoms with Crippen molar-refractivity contribution in [1.29, 1.82) is 0 Å². The molecule has 0 saturated heterocycles. The lowest BCUT2D eigenvalue weighted by Crippen LogP contribution is -1.92. The predicted molar refractivity (Wildman–Crippen MR) is 85.6 cm³/mol. The lowest BCUT2D eigenvalue weighted by atomic mass is 10.0. The number of rotatable bonds is 6. The van der Waals surface area contributed by atoms with Gasteiger partial charge in [-0.2, -0.15) is 0 Å². The first-order chi connectivity index (χ1) is 10.3. The standard InChI is InChI=1S/C19H16O2/c20-14-18(11-16-7-3-1-4-8-16)13-19(15-21)12-17-9-5-2-6-10-17/h1-12,14-15H,13H2. The van der Waals surface area contributed by atoms with E-state index in [9.17, 15) is 9.59 Å². The third-order valence-corrected chi connectivity index (χ3v) is 3.01. The Morgan fingerprint density at radius 3 is 1.38 bits per heavy atom. The molecule has 0 heterocycles. The van der Waals surface area contributed by atoms with E-state index in [4.69, 9.17) is 0 Å². The highest BCUT2D eigenvalue weighted by Gasteiger charge is 2.02. The Hall–Kier alpha value is -2.74. The Labute approximate surface area is 124 Å². The molecule has 2 nitrogen and oxygen atoms in total. The molecule has 104 valence electrons. The van der Waals surface area contributed by atoms with Gasteiger partial charge in [0.2, 0.25) is 0 Å². The fourth-order valence-electron chi connectivity index (χ4n) is 2.02. The number of allylic oxidation sites excluding steroid dienone is 2. The number of hydrogen-bond donors (Lipinski definition) is 0. The number of carbonyl (C=O) groups is 2. The summed E-state index contributed by atoms with van der Waals surface area (Å²) in [6.07, 6.45) is 5.53. The maximum Gasteiger partial charge on any atom is 0.146 e. The Morgan fingerprint density at radius 1 is 0.667 bits per heavy atom. The molecular weight excluding hydrogens is 260 g/mol. The first kappa shape index (κ1) is 14.7. The summed E-state index contributed by atoms with van der Waals surface area (Å²) in [5.74, 6) is 0. The SMILES string of the molecule is O=CC(=Cc1ccccc1)CC(C=O)=Cc1ccccc1. The minimum atomic E-state index is 0.330. The Balaban J connectivity index is 2.20. The minimum Gasteiger partial charge on any atom is -0.298 e. The third-order valence-electron chi connectivity index (χ3n) is 3.01. The van der Waals surface area contributed by atoms with Crippen LogP contribution in [0.1, 0.15) is 17.5 Å². The van der Waals surface area contributed by atoms with E-state index in [1.165, 1.54) is 0 Å². The van der Waals surface area contributed by atoms with Crippen molar-refractivity contribution in [3.8, 4) is 0 Å². The molecule has 0 fully saturated rings. The zero-order chi connectivity index (χ0) is 14.9. The zero-order valence-corrected chi connectivity index (χ0v) is 11.6. The predicted octanol–water partition coefficient (Wildman–Crippen LogP) is 3.94. The molecule has 21 heavy (non-hydrogen) atoms. The molecule has 2 aromatic carbocycles. The van der Waals surface area contributed by atoms with Crippen LogP contribution in [0.4, 0.5) is 0 Å². The van der Waals surface area contributed by atoms with Gasteiger partial charge in [0.05, 0.1) is 0 Å². The van der Waals surface area contributed by atoms with Crippen molar-refractivity contribution in [2.75, 3.05) is 0 Å². The van der Waals surface area contributed by atoms with Crippen LogP contribution in [0.2, 0.25) is 0 Å². The molecule has 0 bridgehead atoms. The second-order valence-electron chi connectivity index (χ2n) is 4.67. The van der Waals surface area contributed by atoms with Crippen molar-refractivity contribution >= 4 is 24.7 Å². The molecule has 2 heteroatoms. The van der Waals surface area contributed by atoms with Crippen LogP contribution >= 0.6 is 0 Å². The third kappa shape index (κ3) is 4.69. The van der Waals surface area contributed by atoms with E-state index in [2.05, 4.69) is 0 Å². The van der Waals surface area contributed by atoms with Crippen molar-refractivity contribution < 1.29 is 9.59 Å². The molecule has 0 spiro atoms. The molecular formula is C19H16O2. The molecule has 0 saturated carbocycles. The number of aldehydes is 2.